The lowest BCUT2D eigenvalue weighted by atomic mass is 10.3. The molecule has 2 amide bonds. The van der Waals surface area contributed by atoms with E-state index in [2.05, 4.69) is 9.47 Å². The van der Waals surface area contributed by atoms with Gasteiger partial charge in [0, 0.05) is 26.2 Å². The highest BCUT2D eigenvalue weighted by molar-refractivity contribution is 5.77. The largest absolute Gasteiger partial charge is 0.463 e. The summed E-state index contributed by atoms with van der Waals surface area (Å²) >= 11 is 0. The molecule has 1 rings (SSSR count). The first-order chi connectivity index (χ1) is 11.5. The van der Waals surface area contributed by atoms with Crippen molar-refractivity contribution in [1.82, 2.24) is 9.80 Å². The molecule has 136 valence electrons. The second kappa shape index (κ2) is 10.3. The van der Waals surface area contributed by atoms with E-state index in [-0.39, 0.29) is 39.4 Å². The third-order valence-electron chi connectivity index (χ3n) is 3.03. The molecule has 0 aliphatic carbocycles. The van der Waals surface area contributed by atoms with Crippen molar-refractivity contribution < 1.29 is 38.1 Å². The van der Waals surface area contributed by atoms with Crippen molar-refractivity contribution in [2.75, 3.05) is 52.6 Å². The number of piperazine rings is 1. The van der Waals surface area contributed by atoms with Crippen LogP contribution in [0.3, 0.4) is 0 Å². The van der Waals surface area contributed by atoms with Crippen molar-refractivity contribution >= 4 is 24.1 Å². The van der Waals surface area contributed by atoms with Gasteiger partial charge in [-0.15, -0.1) is 0 Å². The summed E-state index contributed by atoms with van der Waals surface area (Å²) in [6, 6.07) is 0. The molecule has 1 heterocycles. The van der Waals surface area contributed by atoms with E-state index in [1.807, 2.05) is 0 Å². The maximum Gasteiger partial charge on any atom is 0.410 e. The number of amides is 2. The Balaban J connectivity index is 2.27. The third kappa shape index (κ3) is 6.71. The Hall–Kier alpha value is -2.52. The summed E-state index contributed by atoms with van der Waals surface area (Å²) in [5.41, 5.74) is 0. The summed E-state index contributed by atoms with van der Waals surface area (Å²) in [6.45, 7) is 3.76. The molecule has 0 N–H and O–H groups in total. The van der Waals surface area contributed by atoms with Crippen LogP contribution in [0.4, 0.5) is 9.59 Å². The van der Waals surface area contributed by atoms with Crippen LogP contribution in [0.5, 0.6) is 0 Å². The number of hydrogen-bond acceptors (Lipinski definition) is 8. The molecule has 1 saturated heterocycles. The Morgan fingerprint density at radius 3 is 1.29 bits per heavy atom. The fourth-order valence-corrected chi connectivity index (χ4v) is 1.90. The monoisotopic (exact) mass is 346 g/mol. The van der Waals surface area contributed by atoms with Gasteiger partial charge < -0.3 is 28.7 Å². The second-order valence-electron chi connectivity index (χ2n) is 4.69. The number of hydrogen-bond donors (Lipinski definition) is 0. The fraction of sp³-hybridized carbons (Fsp3) is 0.714. The van der Waals surface area contributed by atoms with Crippen molar-refractivity contribution in [3.8, 4) is 0 Å². The zero-order valence-corrected chi connectivity index (χ0v) is 13.8. The standard InChI is InChI=1S/C14H22N2O8/c1-3-21-11(17)9-23-13(19)15-5-7-16(8-6-15)14(20)24-10-12(18)22-4-2/h3-10H2,1-2H3. The van der Waals surface area contributed by atoms with E-state index in [4.69, 9.17) is 9.47 Å². The van der Waals surface area contributed by atoms with E-state index in [1.165, 1.54) is 9.80 Å². The molecule has 0 atom stereocenters. The van der Waals surface area contributed by atoms with E-state index in [1.54, 1.807) is 13.8 Å². The van der Waals surface area contributed by atoms with Crippen LogP contribution in [0, 0.1) is 0 Å². The molecule has 0 radical (unpaired) electrons. The first-order valence-corrected chi connectivity index (χ1v) is 7.62. The van der Waals surface area contributed by atoms with Crippen LogP contribution >= 0.6 is 0 Å². The van der Waals surface area contributed by atoms with E-state index < -0.39 is 37.3 Å². The van der Waals surface area contributed by atoms with Crippen molar-refractivity contribution in [3.05, 3.63) is 0 Å². The maximum atomic E-state index is 11.8. The lowest BCUT2D eigenvalue weighted by Crippen LogP contribution is -2.51. The summed E-state index contributed by atoms with van der Waals surface area (Å²) < 4.78 is 18.9. The van der Waals surface area contributed by atoms with Gasteiger partial charge in [0.15, 0.2) is 13.2 Å². The van der Waals surface area contributed by atoms with Gasteiger partial charge in [-0.25, -0.2) is 19.2 Å². The number of rotatable bonds is 6. The van der Waals surface area contributed by atoms with Gasteiger partial charge in [-0.2, -0.15) is 0 Å². The van der Waals surface area contributed by atoms with Crippen molar-refractivity contribution in [2.45, 2.75) is 13.8 Å². The summed E-state index contributed by atoms with van der Waals surface area (Å²) in [6.07, 6.45) is -1.30. The van der Waals surface area contributed by atoms with Crippen molar-refractivity contribution in [1.29, 1.82) is 0 Å². The highest BCUT2D eigenvalue weighted by atomic mass is 16.6. The van der Waals surface area contributed by atoms with E-state index in [9.17, 15) is 19.2 Å². The Morgan fingerprint density at radius 2 is 1.00 bits per heavy atom. The van der Waals surface area contributed by atoms with Crippen LogP contribution in [-0.4, -0.2) is 86.5 Å². The van der Waals surface area contributed by atoms with Crippen LogP contribution in [0.2, 0.25) is 0 Å². The predicted octanol–water partition coefficient (Wildman–Crippen LogP) is 0.00340. The Labute approximate surface area is 139 Å². The van der Waals surface area contributed by atoms with E-state index in [0.29, 0.717) is 0 Å². The number of carbonyl (C=O) groups is 4. The Kier molecular flexibility index (Phi) is 8.37. The molecule has 10 nitrogen and oxygen atoms in total. The molecule has 24 heavy (non-hydrogen) atoms. The van der Waals surface area contributed by atoms with Gasteiger partial charge in [0.1, 0.15) is 0 Å². The Bertz CT molecular complexity index is 418. The number of ether oxygens (including phenoxy) is 4. The summed E-state index contributed by atoms with van der Waals surface area (Å²) in [5, 5.41) is 0. The van der Waals surface area contributed by atoms with Crippen molar-refractivity contribution in [2.24, 2.45) is 0 Å². The second-order valence-corrected chi connectivity index (χ2v) is 4.69. The smallest absolute Gasteiger partial charge is 0.410 e. The van der Waals surface area contributed by atoms with Gasteiger partial charge in [-0.05, 0) is 13.8 Å². The molecule has 0 aromatic carbocycles. The van der Waals surface area contributed by atoms with Gasteiger partial charge in [-0.1, -0.05) is 0 Å². The topological polar surface area (TPSA) is 112 Å². The molecular weight excluding hydrogens is 324 g/mol. The van der Waals surface area contributed by atoms with Crippen LogP contribution in [-0.2, 0) is 28.5 Å². The molecule has 0 saturated carbocycles. The minimum atomic E-state index is -0.650. The molecule has 1 aliphatic heterocycles. The minimum Gasteiger partial charge on any atom is -0.463 e. The molecule has 1 fully saturated rings. The number of nitrogens with zero attached hydrogens (tertiary/aromatic N) is 2. The summed E-state index contributed by atoms with van der Waals surface area (Å²) in [5.74, 6) is -1.24. The predicted molar refractivity (Wildman–Crippen MR) is 79.1 cm³/mol. The van der Waals surface area contributed by atoms with Crippen LogP contribution < -0.4 is 0 Å². The molecule has 10 heteroatoms. The van der Waals surface area contributed by atoms with Gasteiger partial charge in [-0.3, -0.25) is 0 Å². The number of carbonyl (C=O) groups excluding carboxylic acids is 4. The Morgan fingerprint density at radius 1 is 0.667 bits per heavy atom. The third-order valence-corrected chi connectivity index (χ3v) is 3.03. The maximum absolute atomic E-state index is 11.8. The highest BCUT2D eigenvalue weighted by Gasteiger charge is 2.26. The lowest BCUT2D eigenvalue weighted by molar-refractivity contribution is -0.147. The first-order valence-electron chi connectivity index (χ1n) is 7.62. The first kappa shape index (κ1) is 19.5. The average Bonchev–Trinajstić information content (AvgIpc) is 2.58. The molecule has 0 spiro atoms. The van der Waals surface area contributed by atoms with Crippen LogP contribution in [0.1, 0.15) is 13.8 Å². The summed E-state index contributed by atoms with van der Waals surface area (Å²) in [4.78, 5) is 48.5. The van der Waals surface area contributed by atoms with Gasteiger partial charge in [0.2, 0.25) is 0 Å². The van der Waals surface area contributed by atoms with Gasteiger partial charge >= 0.3 is 24.1 Å². The molecular formula is C14H22N2O8. The van der Waals surface area contributed by atoms with Crippen molar-refractivity contribution in [3.63, 3.8) is 0 Å². The molecule has 0 unspecified atom stereocenters. The van der Waals surface area contributed by atoms with Gasteiger partial charge in [0.05, 0.1) is 13.2 Å². The van der Waals surface area contributed by atoms with Crippen LogP contribution in [0.25, 0.3) is 0 Å². The average molecular weight is 346 g/mol. The zero-order chi connectivity index (χ0) is 17.9. The fourth-order valence-electron chi connectivity index (χ4n) is 1.90. The van der Waals surface area contributed by atoms with Crippen LogP contribution in [0.15, 0.2) is 0 Å². The summed E-state index contributed by atoms with van der Waals surface area (Å²) in [7, 11) is 0. The highest BCUT2D eigenvalue weighted by Crippen LogP contribution is 2.06. The van der Waals surface area contributed by atoms with E-state index in [0.717, 1.165) is 0 Å². The molecule has 0 aromatic rings. The molecule has 1 aliphatic rings. The minimum absolute atomic E-state index is 0.211. The zero-order valence-electron chi connectivity index (χ0n) is 13.8. The van der Waals surface area contributed by atoms with E-state index >= 15 is 0 Å². The normalized spacial score (nSPS) is 13.9. The lowest BCUT2D eigenvalue weighted by Gasteiger charge is -2.33. The van der Waals surface area contributed by atoms with Gasteiger partial charge in [0.25, 0.3) is 0 Å². The SMILES string of the molecule is CCOC(=O)COC(=O)N1CCN(C(=O)OCC(=O)OCC)CC1. The quantitative estimate of drug-likeness (QED) is 0.488. The molecule has 0 bridgehead atoms. The molecule has 0 aromatic heterocycles. The number of esters is 2.